The Morgan fingerprint density at radius 1 is 1.08 bits per heavy atom. The van der Waals surface area contributed by atoms with Gasteiger partial charge in [-0.2, -0.15) is 5.10 Å². The van der Waals surface area contributed by atoms with Crippen LogP contribution < -0.4 is 9.73 Å². The molecule has 0 saturated carbocycles. The van der Waals surface area contributed by atoms with Crippen LogP contribution in [0, 0.1) is 5.41 Å². The van der Waals surface area contributed by atoms with E-state index in [2.05, 4.69) is 49.4 Å². The minimum atomic E-state index is -3.77. The summed E-state index contributed by atoms with van der Waals surface area (Å²) in [6.45, 7) is 1.79. The third kappa shape index (κ3) is 6.90. The van der Waals surface area contributed by atoms with Gasteiger partial charge in [-0.15, -0.1) is 13.9 Å². The maximum atomic E-state index is 12.5. The van der Waals surface area contributed by atoms with Crippen molar-refractivity contribution in [1.82, 2.24) is 4.98 Å². The van der Waals surface area contributed by atoms with E-state index in [0.717, 1.165) is 17.6 Å². The molecule has 0 amide bonds. The van der Waals surface area contributed by atoms with Gasteiger partial charge in [-0.1, -0.05) is 24.3 Å². The standard InChI is InChI=1S/C22H19N7O2S3.ClH.Co/c1-15-20(21(23)29(26-15)17-7-3-2-4-8-17)22(32)33-28-25-16-10-12-18(13-11-16)34(30,31)27-19-9-5-6-14-24-19;;/h2-14,23,32H,1H3,(H,24,27);1H;/q;;+2/p-2/b22-20-,23-21?,28-25?;;. The fourth-order valence-corrected chi connectivity index (χ4v) is 4.89. The number of hydrogen-bond donors (Lipinski definition) is 2. The van der Waals surface area contributed by atoms with E-state index in [1.54, 1.807) is 25.1 Å². The van der Waals surface area contributed by atoms with E-state index in [9.17, 15) is 8.42 Å². The van der Waals surface area contributed by atoms with Gasteiger partial charge in [0.2, 0.25) is 0 Å². The molecule has 0 unspecified atom stereocenters. The molecule has 36 heavy (non-hydrogen) atoms. The van der Waals surface area contributed by atoms with Crippen molar-refractivity contribution in [2.45, 2.75) is 11.8 Å². The van der Waals surface area contributed by atoms with Crippen molar-refractivity contribution in [2.75, 3.05) is 9.73 Å². The Bertz CT molecular complexity index is 1400. The van der Waals surface area contributed by atoms with Crippen LogP contribution in [0.5, 0.6) is 0 Å². The number of nitrogens with one attached hydrogen (secondary N) is 2. The van der Waals surface area contributed by atoms with Crippen LogP contribution in [0.2, 0.25) is 0 Å². The molecular formula is C22H18ClCoN7O2S3. The van der Waals surface area contributed by atoms with Crippen molar-refractivity contribution in [3.63, 3.8) is 0 Å². The first-order valence-electron chi connectivity index (χ1n) is 10.0. The monoisotopic (exact) mass is 602 g/mol. The molecule has 2 N–H and O–H groups in total. The quantitative estimate of drug-likeness (QED) is 0.196. The van der Waals surface area contributed by atoms with Crippen molar-refractivity contribution in [3.05, 3.63) is 88.8 Å². The molecule has 0 radical (unpaired) electrons. The van der Waals surface area contributed by atoms with E-state index in [1.165, 1.54) is 35.5 Å². The van der Waals surface area contributed by atoms with E-state index in [-0.39, 0.29) is 16.5 Å². The maximum absolute atomic E-state index is 12.5. The molecule has 1 aromatic heterocycles. The van der Waals surface area contributed by atoms with Crippen LogP contribution >= 0.6 is 22.1 Å². The van der Waals surface area contributed by atoms with Crippen LogP contribution in [-0.2, 0) is 37.5 Å². The van der Waals surface area contributed by atoms with Gasteiger partial charge in [-0.3, -0.25) is 10.1 Å². The first kappa shape index (κ1) is 27.8. The van der Waals surface area contributed by atoms with Gasteiger partial charge in [-0.25, -0.2) is 18.4 Å². The number of para-hydroxylation sites is 1. The van der Waals surface area contributed by atoms with E-state index < -0.39 is 10.0 Å². The van der Waals surface area contributed by atoms with Gasteiger partial charge in [0.05, 0.1) is 22.0 Å². The minimum absolute atomic E-state index is 0.0723. The molecule has 0 spiro atoms. The van der Waals surface area contributed by atoms with Gasteiger partial charge in [0, 0.05) is 23.7 Å². The summed E-state index contributed by atoms with van der Waals surface area (Å²) < 4.78 is 31.8. The summed E-state index contributed by atoms with van der Waals surface area (Å²) in [5, 5.41) is 18.5. The molecule has 14 heteroatoms. The summed E-state index contributed by atoms with van der Waals surface area (Å²) in [5.74, 6) is 0.405. The second-order valence-electron chi connectivity index (χ2n) is 6.93. The average molecular weight is 603 g/mol. The van der Waals surface area contributed by atoms with Gasteiger partial charge < -0.3 is 12.6 Å². The van der Waals surface area contributed by atoms with Gasteiger partial charge in [0.25, 0.3) is 10.0 Å². The van der Waals surface area contributed by atoms with Crippen LogP contribution in [0.1, 0.15) is 6.92 Å². The Labute approximate surface area is 231 Å². The number of amidine groups is 1. The Morgan fingerprint density at radius 3 is 2.39 bits per heavy atom. The SMILES string of the molecule is CC1=NN(c2ccccc2)C(=N)/C1=C(/[S-])SN=Nc1ccc(S(=O)(=O)Nc2ccccn2)cc1.[Cl][Co+]. The Morgan fingerprint density at radius 2 is 1.75 bits per heavy atom. The fourth-order valence-electron chi connectivity index (χ4n) is 2.99. The summed E-state index contributed by atoms with van der Waals surface area (Å²) >= 11 is 9.43. The van der Waals surface area contributed by atoms with Gasteiger partial charge in [0.1, 0.15) is 5.82 Å². The number of sulfonamides is 1. The molecule has 1 aliphatic rings. The third-order valence-corrected chi connectivity index (χ3v) is 6.93. The molecule has 0 bridgehead atoms. The number of rotatable bonds is 7. The van der Waals surface area contributed by atoms with Crippen LogP contribution in [0.4, 0.5) is 17.2 Å². The Hall–Kier alpha value is -2.81. The second-order valence-corrected chi connectivity index (χ2v) is 10.0. The van der Waals surface area contributed by atoms with E-state index in [4.69, 9.17) is 18.0 Å². The molecule has 1 aliphatic heterocycles. The van der Waals surface area contributed by atoms with Gasteiger partial charge >= 0.3 is 25.0 Å². The zero-order chi connectivity index (χ0) is 26.1. The van der Waals surface area contributed by atoms with Crippen molar-refractivity contribution < 1.29 is 23.3 Å². The van der Waals surface area contributed by atoms with Crippen molar-refractivity contribution in [1.29, 1.82) is 5.41 Å². The second kappa shape index (κ2) is 12.9. The number of aromatic nitrogens is 1. The molecule has 4 rings (SSSR count). The van der Waals surface area contributed by atoms with E-state index >= 15 is 0 Å². The van der Waals surface area contributed by atoms with Gasteiger partial charge in [0.15, 0.2) is 5.84 Å². The molecule has 0 fully saturated rings. The van der Waals surface area contributed by atoms with Crippen LogP contribution in [-0.4, -0.2) is 24.9 Å². The molecule has 2 heterocycles. The number of hydrazone groups is 1. The number of hydrogen-bond acceptors (Lipinski definition) is 9. The Kier molecular flexibility index (Phi) is 9.98. The summed E-state index contributed by atoms with van der Waals surface area (Å²) in [6, 6.07) is 20.2. The zero-order valence-electron chi connectivity index (χ0n) is 18.5. The third-order valence-electron chi connectivity index (χ3n) is 4.60. The number of nitrogens with zero attached hydrogens (tertiary/aromatic N) is 5. The van der Waals surface area contributed by atoms with E-state index in [1.807, 2.05) is 30.3 Å². The number of halogens is 1. The molecule has 9 nitrogen and oxygen atoms in total. The van der Waals surface area contributed by atoms with Crippen molar-refractivity contribution in [2.24, 2.45) is 14.7 Å². The van der Waals surface area contributed by atoms with Gasteiger partial charge in [-0.05, 0) is 55.5 Å². The molecule has 3 aromatic rings. The first-order chi connectivity index (χ1) is 17.3. The molecule has 0 saturated heterocycles. The van der Waals surface area contributed by atoms with E-state index in [0.29, 0.717) is 21.2 Å². The average Bonchev–Trinajstić information content (AvgIpc) is 3.20. The number of pyridine rings is 1. The summed E-state index contributed by atoms with van der Waals surface area (Å²) in [4.78, 5) is 4.03. The molecular weight excluding hydrogens is 585 g/mol. The molecule has 0 atom stereocenters. The normalized spacial score (nSPS) is 14.8. The van der Waals surface area contributed by atoms with Crippen molar-refractivity contribution >= 4 is 73.5 Å². The number of benzene rings is 2. The topological polar surface area (TPSA) is 123 Å². The predicted octanol–water partition coefficient (Wildman–Crippen LogP) is 5.93. The number of anilines is 2. The predicted molar refractivity (Wildman–Crippen MR) is 144 cm³/mol. The van der Waals surface area contributed by atoms with Crippen LogP contribution in [0.15, 0.2) is 108 Å². The van der Waals surface area contributed by atoms with Crippen LogP contribution in [0.3, 0.4) is 0 Å². The van der Waals surface area contributed by atoms with Crippen LogP contribution in [0.25, 0.3) is 0 Å². The molecule has 2 aromatic carbocycles. The first-order valence-corrected chi connectivity index (χ1v) is 14.1. The Balaban J connectivity index is 0.00000176. The molecule has 187 valence electrons. The summed E-state index contributed by atoms with van der Waals surface area (Å²) in [7, 11) is 0.555. The molecule has 0 aliphatic carbocycles. The zero-order valence-corrected chi connectivity index (χ0v) is 22.7. The fraction of sp³-hybridized carbons (Fsp3) is 0.0455. The summed E-state index contributed by atoms with van der Waals surface area (Å²) in [5.41, 5.74) is 2.36. The summed E-state index contributed by atoms with van der Waals surface area (Å²) in [6.07, 6.45) is 1.50. The van der Waals surface area contributed by atoms with Crippen molar-refractivity contribution in [3.8, 4) is 0 Å².